The second-order valence-electron chi connectivity index (χ2n) is 10.3. The number of carbonyl (C=O) groups is 3. The smallest absolute Gasteiger partial charge is 0.248 e. The van der Waals surface area contributed by atoms with Gasteiger partial charge < -0.3 is 24.5 Å². The lowest BCUT2D eigenvalue weighted by Gasteiger charge is -2.38. The molecule has 2 unspecified atom stereocenters. The highest BCUT2D eigenvalue weighted by atomic mass is 16.5. The number of unbranched alkanes of at least 4 members (excludes halogenated alkanes) is 2. The van der Waals surface area contributed by atoms with Crippen LogP contribution in [0.1, 0.15) is 52.9 Å². The first kappa shape index (κ1) is 26.4. The zero-order valence-electron chi connectivity index (χ0n) is 21.2. The summed E-state index contributed by atoms with van der Waals surface area (Å²) in [5.41, 5.74) is -1.89. The molecular formula is C26H41N3O5. The minimum absolute atomic E-state index is 0.169. The number of amides is 3. The number of carbonyl (C=O) groups excluding carboxylic acids is 3. The molecular weight excluding hydrogens is 434 g/mol. The van der Waals surface area contributed by atoms with E-state index in [2.05, 4.69) is 20.1 Å². The Labute approximate surface area is 203 Å². The van der Waals surface area contributed by atoms with Gasteiger partial charge >= 0.3 is 0 Å². The molecule has 34 heavy (non-hydrogen) atoms. The summed E-state index contributed by atoms with van der Waals surface area (Å²) in [5.74, 6) is -2.07. The Bertz CT molecular complexity index is 831. The van der Waals surface area contributed by atoms with E-state index in [-0.39, 0.29) is 24.3 Å². The van der Waals surface area contributed by atoms with Gasteiger partial charge in [0, 0.05) is 26.7 Å². The summed E-state index contributed by atoms with van der Waals surface area (Å²) in [4.78, 5) is 46.3. The number of likely N-dealkylation sites (tertiary alicyclic amines) is 1. The van der Waals surface area contributed by atoms with Gasteiger partial charge in [0.25, 0.3) is 0 Å². The summed E-state index contributed by atoms with van der Waals surface area (Å²) >= 11 is 0. The van der Waals surface area contributed by atoms with Gasteiger partial charge in [-0.3, -0.25) is 14.4 Å². The Balaban J connectivity index is 2.05. The predicted octanol–water partition coefficient (Wildman–Crippen LogP) is 1.98. The van der Waals surface area contributed by atoms with Gasteiger partial charge in [0.15, 0.2) is 0 Å². The van der Waals surface area contributed by atoms with Crippen molar-refractivity contribution in [2.24, 2.45) is 11.8 Å². The third kappa shape index (κ3) is 4.09. The SMILES string of the molecule is C=CCN(C)C(=O)[C@@H]1[C@H]2C(=O)N([C@H](C)CO)C(C(=O)N(CC=C)CCCCC)C23CC[C@@]1(C)O3. The molecule has 3 saturated heterocycles. The maximum atomic E-state index is 14.1. The van der Waals surface area contributed by atoms with Crippen LogP contribution in [0.4, 0.5) is 0 Å². The highest BCUT2D eigenvalue weighted by molar-refractivity contribution is 5.99. The van der Waals surface area contributed by atoms with E-state index in [9.17, 15) is 19.5 Å². The Kier molecular flexibility index (Phi) is 7.92. The predicted molar refractivity (Wildman–Crippen MR) is 130 cm³/mol. The van der Waals surface area contributed by atoms with Crippen molar-refractivity contribution >= 4 is 17.7 Å². The topological polar surface area (TPSA) is 90.4 Å². The van der Waals surface area contributed by atoms with Gasteiger partial charge in [-0.1, -0.05) is 31.9 Å². The molecule has 1 spiro atoms. The molecule has 0 aliphatic carbocycles. The fourth-order valence-electron chi connectivity index (χ4n) is 6.28. The first-order valence-electron chi connectivity index (χ1n) is 12.5. The van der Waals surface area contributed by atoms with Gasteiger partial charge in [0.05, 0.1) is 30.1 Å². The van der Waals surface area contributed by atoms with E-state index in [1.54, 1.807) is 35.9 Å². The second kappa shape index (κ2) is 10.2. The van der Waals surface area contributed by atoms with E-state index in [0.717, 1.165) is 19.3 Å². The van der Waals surface area contributed by atoms with E-state index in [1.165, 1.54) is 4.90 Å². The lowest BCUT2D eigenvalue weighted by Crippen LogP contribution is -2.58. The number of nitrogens with zero attached hydrogens (tertiary/aromatic N) is 3. The van der Waals surface area contributed by atoms with Gasteiger partial charge in [0.1, 0.15) is 11.6 Å². The van der Waals surface area contributed by atoms with Crippen LogP contribution in [0.3, 0.4) is 0 Å². The number of ether oxygens (including phenoxy) is 1. The van der Waals surface area contributed by atoms with Crippen molar-refractivity contribution < 1.29 is 24.2 Å². The van der Waals surface area contributed by atoms with Gasteiger partial charge in [-0.2, -0.15) is 0 Å². The average molecular weight is 476 g/mol. The molecule has 190 valence electrons. The van der Waals surface area contributed by atoms with Crippen LogP contribution in [0.5, 0.6) is 0 Å². The van der Waals surface area contributed by atoms with Crippen molar-refractivity contribution in [2.75, 3.05) is 33.3 Å². The highest BCUT2D eigenvalue weighted by Crippen LogP contribution is 2.63. The standard InChI is InChI=1S/C26H41N3O5/c1-7-10-11-16-28(15-9-3)24(33)21-26-13-12-25(5,34-26)19(22(31)27(6)14-8-2)20(26)23(32)29(21)18(4)17-30/h8-9,18-21,30H,2-3,7,10-17H2,1,4-6H3/t18-,19+,20+,21?,25-,26?/m1/s1. The molecule has 8 nitrogen and oxygen atoms in total. The lowest BCUT2D eigenvalue weighted by molar-refractivity contribution is -0.155. The van der Waals surface area contributed by atoms with Crippen LogP contribution in [-0.4, -0.2) is 94.1 Å². The van der Waals surface area contributed by atoms with Crippen molar-refractivity contribution in [1.29, 1.82) is 0 Å². The number of hydrogen-bond acceptors (Lipinski definition) is 5. The zero-order chi connectivity index (χ0) is 25.3. The van der Waals surface area contributed by atoms with E-state index < -0.39 is 35.1 Å². The summed E-state index contributed by atoms with van der Waals surface area (Å²) < 4.78 is 6.63. The van der Waals surface area contributed by atoms with Crippen molar-refractivity contribution in [2.45, 2.75) is 76.2 Å². The van der Waals surface area contributed by atoms with E-state index in [1.807, 2.05) is 6.92 Å². The second-order valence-corrected chi connectivity index (χ2v) is 10.3. The number of hydrogen-bond donors (Lipinski definition) is 1. The Morgan fingerprint density at radius 2 is 1.91 bits per heavy atom. The molecule has 2 bridgehead atoms. The Morgan fingerprint density at radius 3 is 2.50 bits per heavy atom. The number of fused-ring (bicyclic) bond motifs is 1. The fraction of sp³-hybridized carbons (Fsp3) is 0.731. The van der Waals surface area contributed by atoms with Gasteiger partial charge in [0.2, 0.25) is 17.7 Å². The van der Waals surface area contributed by atoms with E-state index in [0.29, 0.717) is 32.5 Å². The third-order valence-electron chi connectivity index (χ3n) is 7.93. The fourth-order valence-corrected chi connectivity index (χ4v) is 6.28. The van der Waals surface area contributed by atoms with Crippen LogP contribution in [0.25, 0.3) is 0 Å². The maximum absolute atomic E-state index is 14.1. The molecule has 0 radical (unpaired) electrons. The van der Waals surface area contributed by atoms with E-state index in [4.69, 9.17) is 4.74 Å². The largest absolute Gasteiger partial charge is 0.394 e. The third-order valence-corrected chi connectivity index (χ3v) is 7.93. The summed E-state index contributed by atoms with van der Waals surface area (Å²) in [6.45, 7) is 14.3. The molecule has 3 aliphatic heterocycles. The molecule has 0 aromatic carbocycles. The molecule has 3 amide bonds. The lowest BCUT2D eigenvalue weighted by atomic mass is 9.66. The molecule has 1 N–H and O–H groups in total. The Morgan fingerprint density at radius 1 is 1.24 bits per heavy atom. The summed E-state index contributed by atoms with van der Waals surface area (Å²) in [6, 6.07) is -1.45. The van der Waals surface area contributed by atoms with Crippen LogP contribution in [0.15, 0.2) is 25.3 Å². The minimum atomic E-state index is -1.08. The van der Waals surface area contributed by atoms with Crippen molar-refractivity contribution in [3.63, 3.8) is 0 Å². The van der Waals surface area contributed by atoms with Crippen LogP contribution in [-0.2, 0) is 19.1 Å². The summed E-state index contributed by atoms with van der Waals surface area (Å²) in [5, 5.41) is 9.98. The van der Waals surface area contributed by atoms with Crippen LogP contribution in [0, 0.1) is 11.8 Å². The molecule has 0 saturated carbocycles. The van der Waals surface area contributed by atoms with Crippen LogP contribution >= 0.6 is 0 Å². The van der Waals surface area contributed by atoms with Crippen LogP contribution in [0.2, 0.25) is 0 Å². The highest BCUT2D eigenvalue weighted by Gasteiger charge is 2.78. The molecule has 3 fully saturated rings. The van der Waals surface area contributed by atoms with E-state index >= 15 is 0 Å². The number of likely N-dealkylation sites (N-methyl/N-ethyl adjacent to an activating group) is 1. The molecule has 3 heterocycles. The number of rotatable bonds is 12. The molecule has 3 aliphatic rings. The normalized spacial score (nSPS) is 32.4. The van der Waals surface area contributed by atoms with Crippen molar-refractivity contribution in [1.82, 2.24) is 14.7 Å². The first-order valence-corrected chi connectivity index (χ1v) is 12.5. The molecule has 8 heteroatoms. The molecule has 0 aromatic rings. The summed E-state index contributed by atoms with van der Waals surface area (Å²) in [6.07, 6.45) is 7.34. The monoisotopic (exact) mass is 475 g/mol. The minimum Gasteiger partial charge on any atom is -0.394 e. The quantitative estimate of drug-likeness (QED) is 0.344. The molecule has 0 aromatic heterocycles. The molecule has 6 atom stereocenters. The van der Waals surface area contributed by atoms with Crippen LogP contribution < -0.4 is 0 Å². The first-order chi connectivity index (χ1) is 16.1. The number of aliphatic hydroxyl groups is 1. The zero-order valence-corrected chi connectivity index (χ0v) is 21.2. The van der Waals surface area contributed by atoms with Gasteiger partial charge in [-0.15, -0.1) is 13.2 Å². The van der Waals surface area contributed by atoms with Crippen molar-refractivity contribution in [3.05, 3.63) is 25.3 Å². The van der Waals surface area contributed by atoms with Crippen molar-refractivity contribution in [3.8, 4) is 0 Å². The Hall–Kier alpha value is -2.19. The molecule has 3 rings (SSSR count). The summed E-state index contributed by atoms with van der Waals surface area (Å²) in [7, 11) is 1.70. The average Bonchev–Trinajstić information content (AvgIpc) is 3.38. The maximum Gasteiger partial charge on any atom is 0.248 e. The van der Waals surface area contributed by atoms with Gasteiger partial charge in [-0.25, -0.2) is 0 Å². The van der Waals surface area contributed by atoms with Gasteiger partial charge in [-0.05, 0) is 33.1 Å². The number of aliphatic hydroxyl groups excluding tert-OH is 1.